The number of aromatic nitrogens is 4. The molecule has 3 rings (SSSR count). The number of rotatable bonds is 1. The van der Waals surface area contributed by atoms with E-state index in [1.165, 1.54) is 38.5 Å². The van der Waals surface area contributed by atoms with Gasteiger partial charge in [0.1, 0.15) is 0 Å². The predicted octanol–water partition coefficient (Wildman–Crippen LogP) is 2.30. The van der Waals surface area contributed by atoms with E-state index in [0.29, 0.717) is 12.0 Å². The van der Waals surface area contributed by atoms with Crippen LogP contribution in [-0.4, -0.2) is 19.7 Å². The van der Waals surface area contributed by atoms with Gasteiger partial charge in [-0.25, -0.2) is 9.67 Å². The summed E-state index contributed by atoms with van der Waals surface area (Å²) in [7, 11) is 0. The van der Waals surface area contributed by atoms with Crippen molar-refractivity contribution in [1.29, 1.82) is 0 Å². The predicted molar refractivity (Wildman–Crippen MR) is 66.5 cm³/mol. The van der Waals surface area contributed by atoms with E-state index in [9.17, 15) is 0 Å². The first-order chi connectivity index (χ1) is 8.34. The molecular formula is C12H17N5. The van der Waals surface area contributed by atoms with Gasteiger partial charge in [-0.1, -0.05) is 25.7 Å². The van der Waals surface area contributed by atoms with Crippen molar-refractivity contribution in [2.24, 2.45) is 0 Å². The number of nitrogens with zero attached hydrogens (tertiary/aromatic N) is 4. The van der Waals surface area contributed by atoms with Gasteiger partial charge in [0.2, 0.25) is 5.95 Å². The van der Waals surface area contributed by atoms with Crippen LogP contribution in [0.3, 0.4) is 0 Å². The first-order valence-electron chi connectivity index (χ1n) is 6.30. The molecule has 5 heteroatoms. The fourth-order valence-electron chi connectivity index (χ4n) is 2.62. The van der Waals surface area contributed by atoms with Crippen LogP contribution in [0.1, 0.15) is 44.6 Å². The molecule has 2 aromatic rings. The molecule has 0 aliphatic heterocycles. The normalized spacial score (nSPS) is 18.4. The number of fused-ring (bicyclic) bond motifs is 1. The molecule has 2 heterocycles. The summed E-state index contributed by atoms with van der Waals surface area (Å²) in [4.78, 5) is 8.31. The first-order valence-corrected chi connectivity index (χ1v) is 6.30. The van der Waals surface area contributed by atoms with E-state index in [1.807, 2.05) is 10.9 Å². The minimum atomic E-state index is 0.327. The van der Waals surface area contributed by atoms with Crippen LogP contribution >= 0.6 is 0 Å². The lowest BCUT2D eigenvalue weighted by Crippen LogP contribution is -2.10. The SMILES string of the molecule is Nc1ncc2cnn(C3CCCCCC3)c2n1. The van der Waals surface area contributed by atoms with E-state index < -0.39 is 0 Å². The van der Waals surface area contributed by atoms with E-state index in [-0.39, 0.29) is 0 Å². The summed E-state index contributed by atoms with van der Waals surface area (Å²) < 4.78 is 2.04. The highest BCUT2D eigenvalue weighted by Gasteiger charge is 2.17. The van der Waals surface area contributed by atoms with Crippen molar-refractivity contribution in [2.75, 3.05) is 5.73 Å². The third-order valence-electron chi connectivity index (χ3n) is 3.52. The van der Waals surface area contributed by atoms with Crippen LogP contribution in [0.25, 0.3) is 11.0 Å². The molecule has 1 fully saturated rings. The zero-order valence-electron chi connectivity index (χ0n) is 9.84. The molecule has 0 amide bonds. The van der Waals surface area contributed by atoms with Crippen molar-refractivity contribution in [3.05, 3.63) is 12.4 Å². The molecule has 1 saturated carbocycles. The van der Waals surface area contributed by atoms with Crippen LogP contribution in [-0.2, 0) is 0 Å². The van der Waals surface area contributed by atoms with Gasteiger partial charge in [-0.05, 0) is 12.8 Å². The van der Waals surface area contributed by atoms with E-state index in [0.717, 1.165) is 11.0 Å². The van der Waals surface area contributed by atoms with Gasteiger partial charge in [0.25, 0.3) is 0 Å². The summed E-state index contributed by atoms with van der Waals surface area (Å²) in [5, 5.41) is 5.44. The van der Waals surface area contributed by atoms with Crippen molar-refractivity contribution in [3.8, 4) is 0 Å². The van der Waals surface area contributed by atoms with Gasteiger partial charge in [-0.3, -0.25) is 0 Å². The Labute approximate surface area is 100 Å². The number of hydrogen-bond donors (Lipinski definition) is 1. The fourth-order valence-corrected chi connectivity index (χ4v) is 2.62. The highest BCUT2D eigenvalue weighted by molar-refractivity contribution is 5.74. The van der Waals surface area contributed by atoms with Gasteiger partial charge < -0.3 is 5.73 Å². The molecule has 0 spiro atoms. The summed E-state index contributed by atoms with van der Waals surface area (Å²) in [6.45, 7) is 0. The Morgan fingerprint density at radius 2 is 1.88 bits per heavy atom. The van der Waals surface area contributed by atoms with Crippen LogP contribution in [0.4, 0.5) is 5.95 Å². The Bertz CT molecular complexity index is 511. The number of anilines is 1. The van der Waals surface area contributed by atoms with Crippen molar-refractivity contribution in [1.82, 2.24) is 19.7 Å². The standard InChI is InChI=1S/C12H17N5/c13-12-14-7-9-8-15-17(11(9)16-12)10-5-3-1-2-4-6-10/h7-8,10H,1-6H2,(H2,13,14,16). The lowest BCUT2D eigenvalue weighted by molar-refractivity contribution is 0.415. The summed E-state index contributed by atoms with van der Waals surface area (Å²) in [6.07, 6.45) is 11.2. The molecule has 0 saturated heterocycles. The second-order valence-corrected chi connectivity index (χ2v) is 4.74. The van der Waals surface area contributed by atoms with Crippen molar-refractivity contribution >= 4 is 17.0 Å². The van der Waals surface area contributed by atoms with Crippen molar-refractivity contribution < 1.29 is 0 Å². The number of nitrogens with two attached hydrogens (primary N) is 1. The lowest BCUT2D eigenvalue weighted by Gasteiger charge is -2.15. The van der Waals surface area contributed by atoms with Crippen molar-refractivity contribution in [3.63, 3.8) is 0 Å². The maximum absolute atomic E-state index is 5.65. The molecule has 0 bridgehead atoms. The van der Waals surface area contributed by atoms with E-state index in [1.54, 1.807) is 6.20 Å². The molecule has 2 N–H and O–H groups in total. The molecule has 0 aromatic carbocycles. The zero-order valence-corrected chi connectivity index (χ0v) is 9.84. The highest BCUT2D eigenvalue weighted by Crippen LogP contribution is 2.28. The summed E-state index contributed by atoms with van der Waals surface area (Å²) in [6, 6.07) is 0.476. The Balaban J connectivity index is 2.00. The lowest BCUT2D eigenvalue weighted by atomic mass is 10.1. The Morgan fingerprint density at radius 1 is 1.12 bits per heavy atom. The third kappa shape index (κ3) is 1.97. The molecule has 17 heavy (non-hydrogen) atoms. The Morgan fingerprint density at radius 3 is 2.65 bits per heavy atom. The number of hydrogen-bond acceptors (Lipinski definition) is 4. The molecular weight excluding hydrogens is 214 g/mol. The highest BCUT2D eigenvalue weighted by atomic mass is 15.3. The van der Waals surface area contributed by atoms with E-state index in [2.05, 4.69) is 15.1 Å². The summed E-state index contributed by atoms with van der Waals surface area (Å²) in [5.74, 6) is 0.327. The molecule has 0 atom stereocenters. The largest absolute Gasteiger partial charge is 0.368 e. The molecule has 0 radical (unpaired) electrons. The average molecular weight is 231 g/mol. The molecule has 0 unspecified atom stereocenters. The van der Waals surface area contributed by atoms with Crippen LogP contribution in [0.15, 0.2) is 12.4 Å². The van der Waals surface area contributed by atoms with Crippen LogP contribution in [0.2, 0.25) is 0 Å². The minimum Gasteiger partial charge on any atom is -0.368 e. The molecule has 5 nitrogen and oxygen atoms in total. The average Bonchev–Trinajstić information content (AvgIpc) is 2.58. The van der Waals surface area contributed by atoms with Gasteiger partial charge in [0.05, 0.1) is 17.6 Å². The second-order valence-electron chi connectivity index (χ2n) is 4.74. The molecule has 1 aliphatic carbocycles. The Hall–Kier alpha value is -1.65. The van der Waals surface area contributed by atoms with Gasteiger partial charge in [0.15, 0.2) is 5.65 Å². The van der Waals surface area contributed by atoms with E-state index >= 15 is 0 Å². The third-order valence-corrected chi connectivity index (χ3v) is 3.52. The molecule has 2 aromatic heterocycles. The maximum Gasteiger partial charge on any atom is 0.222 e. The van der Waals surface area contributed by atoms with Gasteiger partial charge >= 0.3 is 0 Å². The van der Waals surface area contributed by atoms with Gasteiger partial charge in [-0.2, -0.15) is 10.1 Å². The quantitative estimate of drug-likeness (QED) is 0.764. The minimum absolute atomic E-state index is 0.327. The first kappa shape index (κ1) is 10.5. The monoisotopic (exact) mass is 231 g/mol. The van der Waals surface area contributed by atoms with Crippen LogP contribution < -0.4 is 5.73 Å². The topological polar surface area (TPSA) is 69.6 Å². The summed E-state index contributed by atoms with van der Waals surface area (Å²) >= 11 is 0. The maximum atomic E-state index is 5.65. The smallest absolute Gasteiger partial charge is 0.222 e. The van der Waals surface area contributed by atoms with Crippen LogP contribution in [0, 0.1) is 0 Å². The van der Waals surface area contributed by atoms with Crippen LogP contribution in [0.5, 0.6) is 0 Å². The second kappa shape index (κ2) is 4.31. The Kier molecular flexibility index (Phi) is 2.66. The fraction of sp³-hybridized carbons (Fsp3) is 0.583. The van der Waals surface area contributed by atoms with Gasteiger partial charge in [0, 0.05) is 6.20 Å². The zero-order chi connectivity index (χ0) is 11.7. The summed E-state index contributed by atoms with van der Waals surface area (Å²) in [5.41, 5.74) is 6.53. The van der Waals surface area contributed by atoms with E-state index in [4.69, 9.17) is 5.73 Å². The molecule has 1 aliphatic rings. The van der Waals surface area contributed by atoms with Crippen molar-refractivity contribution in [2.45, 2.75) is 44.6 Å². The number of nitrogen functional groups attached to an aromatic ring is 1. The molecule has 90 valence electrons. The van der Waals surface area contributed by atoms with Gasteiger partial charge in [-0.15, -0.1) is 0 Å².